The third-order valence-corrected chi connectivity index (χ3v) is 5.15. The molecule has 3 aromatic rings. The van der Waals surface area contributed by atoms with Crippen LogP contribution < -0.4 is 4.74 Å². The van der Waals surface area contributed by atoms with Crippen LogP contribution in [-0.4, -0.2) is 40.0 Å². The largest absolute Gasteiger partial charge is 0.472 e. The number of rotatable bonds is 3. The predicted octanol–water partition coefficient (Wildman–Crippen LogP) is 3.29. The molecular weight excluding hydrogens is 322 g/mol. The normalized spacial score (nSPS) is 17.4. The van der Waals surface area contributed by atoms with Crippen LogP contribution in [0.5, 0.6) is 5.88 Å². The second-order valence-corrected chi connectivity index (χ2v) is 6.74. The van der Waals surface area contributed by atoms with Crippen molar-refractivity contribution in [2.45, 2.75) is 19.4 Å². The molecule has 2 aromatic heterocycles. The van der Waals surface area contributed by atoms with E-state index in [4.69, 9.17) is 4.74 Å². The summed E-state index contributed by atoms with van der Waals surface area (Å²) in [5.41, 5.74) is 3.43. The minimum absolute atomic E-state index is 0.0177. The van der Waals surface area contributed by atoms with Gasteiger partial charge in [-0.2, -0.15) is 0 Å². The van der Waals surface area contributed by atoms with Gasteiger partial charge in [0.15, 0.2) is 0 Å². The highest BCUT2D eigenvalue weighted by Crippen LogP contribution is 2.23. The van der Waals surface area contributed by atoms with Gasteiger partial charge in [0.25, 0.3) is 5.91 Å². The highest BCUT2D eigenvalue weighted by molar-refractivity contribution is 7.11. The third-order valence-electron chi connectivity index (χ3n) is 4.23. The van der Waals surface area contributed by atoms with Crippen LogP contribution in [0.3, 0.4) is 0 Å². The molecule has 1 amide bonds. The van der Waals surface area contributed by atoms with E-state index >= 15 is 0 Å². The van der Waals surface area contributed by atoms with Crippen LogP contribution in [0.4, 0.5) is 0 Å². The Balaban J connectivity index is 1.45. The second kappa shape index (κ2) is 6.20. The molecule has 5 nitrogen and oxygen atoms in total. The summed E-state index contributed by atoms with van der Waals surface area (Å²) in [7, 11) is 0. The molecule has 0 aliphatic carbocycles. The lowest BCUT2D eigenvalue weighted by Gasteiger charge is -2.16. The topological polar surface area (TPSA) is 55.3 Å². The van der Waals surface area contributed by atoms with Crippen LogP contribution in [0.1, 0.15) is 21.8 Å². The minimum atomic E-state index is -0.0177. The van der Waals surface area contributed by atoms with E-state index in [0.29, 0.717) is 19.0 Å². The molecule has 6 heteroatoms. The van der Waals surface area contributed by atoms with Crippen molar-refractivity contribution in [1.82, 2.24) is 14.9 Å². The molecule has 1 atom stereocenters. The molecule has 1 aliphatic heterocycles. The summed E-state index contributed by atoms with van der Waals surface area (Å²) in [6.07, 6.45) is 0.800. The molecule has 0 N–H and O–H groups in total. The van der Waals surface area contributed by atoms with Crippen molar-refractivity contribution in [3.8, 4) is 5.88 Å². The number of hydrogen-bond acceptors (Lipinski definition) is 5. The summed E-state index contributed by atoms with van der Waals surface area (Å²) in [5, 5.41) is 1.09. The van der Waals surface area contributed by atoms with E-state index in [-0.39, 0.29) is 12.0 Å². The van der Waals surface area contributed by atoms with E-state index in [0.717, 1.165) is 27.9 Å². The fraction of sp³-hybridized carbons (Fsp3) is 0.278. The number of likely N-dealkylation sites (tertiary alicyclic amines) is 1. The molecule has 4 rings (SSSR count). The van der Waals surface area contributed by atoms with Crippen LogP contribution in [0.2, 0.25) is 0 Å². The number of aromatic nitrogens is 2. The number of fused-ring (bicyclic) bond motifs is 1. The molecule has 1 unspecified atom stereocenters. The van der Waals surface area contributed by atoms with E-state index < -0.39 is 0 Å². The van der Waals surface area contributed by atoms with Crippen molar-refractivity contribution in [3.63, 3.8) is 0 Å². The molecule has 122 valence electrons. The van der Waals surface area contributed by atoms with Crippen molar-refractivity contribution in [2.75, 3.05) is 13.1 Å². The molecule has 0 bridgehead atoms. The summed E-state index contributed by atoms with van der Waals surface area (Å²) in [5.74, 6) is 0.662. The molecular formula is C18H17N3O2S. The lowest BCUT2D eigenvalue weighted by atomic mass is 10.2. The van der Waals surface area contributed by atoms with Crippen LogP contribution in [-0.2, 0) is 0 Å². The van der Waals surface area contributed by atoms with Crippen molar-refractivity contribution in [1.29, 1.82) is 0 Å². The maximum Gasteiger partial charge on any atom is 0.265 e. The highest BCUT2D eigenvalue weighted by Gasteiger charge is 2.30. The fourth-order valence-corrected chi connectivity index (χ4v) is 3.71. The number of carbonyl (C=O) groups excluding carboxylic acids is 1. The number of ether oxygens (including phenoxy) is 1. The molecule has 0 spiro atoms. The molecule has 1 fully saturated rings. The van der Waals surface area contributed by atoms with Gasteiger partial charge in [0.2, 0.25) is 5.88 Å². The average molecular weight is 339 g/mol. The molecule has 0 saturated carbocycles. The molecule has 0 radical (unpaired) electrons. The van der Waals surface area contributed by atoms with E-state index in [1.165, 1.54) is 11.3 Å². The quantitative estimate of drug-likeness (QED) is 0.735. The Morgan fingerprint density at radius 3 is 3.00 bits per heavy atom. The summed E-state index contributed by atoms with van der Waals surface area (Å²) in [6.45, 7) is 3.16. The van der Waals surface area contributed by atoms with Gasteiger partial charge in [0.05, 0.1) is 23.3 Å². The van der Waals surface area contributed by atoms with Crippen LogP contribution >= 0.6 is 11.3 Å². The Bertz CT molecular complexity index is 893. The van der Waals surface area contributed by atoms with Gasteiger partial charge in [-0.1, -0.05) is 18.2 Å². The summed E-state index contributed by atoms with van der Waals surface area (Å²) >= 11 is 1.40. The van der Waals surface area contributed by atoms with E-state index in [1.54, 1.807) is 5.51 Å². The Morgan fingerprint density at radius 1 is 1.29 bits per heavy atom. The van der Waals surface area contributed by atoms with Crippen LogP contribution in [0, 0.1) is 6.92 Å². The van der Waals surface area contributed by atoms with Gasteiger partial charge in [0, 0.05) is 24.4 Å². The number of thiazole rings is 1. The first-order valence-electron chi connectivity index (χ1n) is 7.92. The lowest BCUT2D eigenvalue weighted by molar-refractivity contribution is 0.0775. The van der Waals surface area contributed by atoms with Crippen LogP contribution in [0.15, 0.2) is 41.9 Å². The summed E-state index contributed by atoms with van der Waals surface area (Å²) < 4.78 is 5.99. The van der Waals surface area contributed by atoms with Gasteiger partial charge >= 0.3 is 0 Å². The maximum absolute atomic E-state index is 12.5. The molecule has 1 saturated heterocycles. The van der Waals surface area contributed by atoms with Gasteiger partial charge < -0.3 is 9.64 Å². The smallest absolute Gasteiger partial charge is 0.265 e. The monoisotopic (exact) mass is 339 g/mol. The van der Waals surface area contributed by atoms with E-state index in [1.807, 2.05) is 48.2 Å². The SMILES string of the molecule is Cc1ncsc1C(=O)N1CCC(Oc2ccc3ccccc3n2)C1. The fourth-order valence-electron chi connectivity index (χ4n) is 2.94. The van der Waals surface area contributed by atoms with Crippen LogP contribution in [0.25, 0.3) is 10.9 Å². The Morgan fingerprint density at radius 2 is 2.17 bits per heavy atom. The van der Waals surface area contributed by atoms with Crippen molar-refractivity contribution in [3.05, 3.63) is 52.5 Å². The number of carbonyl (C=O) groups is 1. The Kier molecular flexibility index (Phi) is 3.90. The standard InChI is InChI=1S/C18H17N3O2S/c1-12-17(24-11-19-12)18(22)21-9-8-14(10-21)23-16-7-6-13-4-2-3-5-15(13)20-16/h2-7,11,14H,8-10H2,1H3. The van der Waals surface area contributed by atoms with Crippen molar-refractivity contribution in [2.24, 2.45) is 0 Å². The molecule has 24 heavy (non-hydrogen) atoms. The number of aryl methyl sites for hydroxylation is 1. The first-order chi connectivity index (χ1) is 11.7. The van der Waals surface area contributed by atoms with Gasteiger partial charge in [-0.15, -0.1) is 11.3 Å². The number of benzene rings is 1. The Hall–Kier alpha value is -2.47. The Labute approximate surface area is 143 Å². The summed E-state index contributed by atoms with van der Waals surface area (Å²) in [4.78, 5) is 23.8. The number of nitrogens with zero attached hydrogens (tertiary/aromatic N) is 3. The third kappa shape index (κ3) is 2.85. The van der Waals surface area contributed by atoms with Gasteiger partial charge in [-0.05, 0) is 19.1 Å². The number of amides is 1. The molecule has 1 aromatic carbocycles. The predicted molar refractivity (Wildman–Crippen MR) is 93.5 cm³/mol. The summed E-state index contributed by atoms with van der Waals surface area (Å²) in [6, 6.07) is 11.9. The van der Waals surface area contributed by atoms with Gasteiger partial charge in [-0.25, -0.2) is 9.97 Å². The van der Waals surface area contributed by atoms with Gasteiger partial charge in [-0.3, -0.25) is 4.79 Å². The zero-order chi connectivity index (χ0) is 16.5. The maximum atomic E-state index is 12.5. The lowest BCUT2D eigenvalue weighted by Crippen LogP contribution is -2.30. The average Bonchev–Trinajstić information content (AvgIpc) is 3.23. The van der Waals surface area contributed by atoms with Crippen molar-refractivity contribution >= 4 is 28.1 Å². The number of hydrogen-bond donors (Lipinski definition) is 0. The van der Waals surface area contributed by atoms with E-state index in [2.05, 4.69) is 9.97 Å². The second-order valence-electron chi connectivity index (χ2n) is 5.89. The number of pyridine rings is 1. The molecule has 3 heterocycles. The highest BCUT2D eigenvalue weighted by atomic mass is 32.1. The molecule has 1 aliphatic rings. The number of para-hydroxylation sites is 1. The zero-order valence-electron chi connectivity index (χ0n) is 13.3. The van der Waals surface area contributed by atoms with Gasteiger partial charge in [0.1, 0.15) is 11.0 Å². The first-order valence-corrected chi connectivity index (χ1v) is 8.80. The zero-order valence-corrected chi connectivity index (χ0v) is 14.1. The first kappa shape index (κ1) is 15.1. The minimum Gasteiger partial charge on any atom is -0.472 e. The van der Waals surface area contributed by atoms with Crippen molar-refractivity contribution < 1.29 is 9.53 Å². The van der Waals surface area contributed by atoms with E-state index in [9.17, 15) is 4.79 Å².